The number of aromatic nitrogens is 2. The molecule has 3 N–H and O–H groups in total. The predicted octanol–water partition coefficient (Wildman–Crippen LogP) is 1.66. The van der Waals surface area contributed by atoms with Gasteiger partial charge in [-0.05, 0) is 11.1 Å². The molecule has 0 saturated carbocycles. The summed E-state index contributed by atoms with van der Waals surface area (Å²) in [4.78, 5) is 17.9. The quantitative estimate of drug-likeness (QED) is 0.780. The van der Waals surface area contributed by atoms with Gasteiger partial charge in [0.2, 0.25) is 5.91 Å². The fourth-order valence-corrected chi connectivity index (χ4v) is 1.55. The lowest BCUT2D eigenvalue weighted by Gasteiger charge is -2.03. The van der Waals surface area contributed by atoms with Crippen molar-refractivity contribution in [3.63, 3.8) is 0 Å². The standard InChI is InChI=1S/C13H13N3O/c1-9(13(14)17)6-10-2-4-11(5-3-10)12-7-15-8-16-12/h2-5,7-8H,1,6H2,(H2,14,17)(H,15,16). The normalized spacial score (nSPS) is 10.1. The minimum Gasteiger partial charge on any atom is -0.366 e. The highest BCUT2D eigenvalue weighted by atomic mass is 16.1. The molecule has 4 nitrogen and oxygen atoms in total. The summed E-state index contributed by atoms with van der Waals surface area (Å²) in [7, 11) is 0. The molecule has 1 aromatic carbocycles. The van der Waals surface area contributed by atoms with Gasteiger partial charge in [-0.25, -0.2) is 4.98 Å². The number of imidazole rings is 1. The van der Waals surface area contributed by atoms with Crippen molar-refractivity contribution in [2.45, 2.75) is 6.42 Å². The van der Waals surface area contributed by atoms with Crippen molar-refractivity contribution in [1.82, 2.24) is 9.97 Å². The smallest absolute Gasteiger partial charge is 0.244 e. The Balaban J connectivity index is 2.14. The Morgan fingerprint density at radius 3 is 2.59 bits per heavy atom. The molecule has 17 heavy (non-hydrogen) atoms. The summed E-state index contributed by atoms with van der Waals surface area (Å²) < 4.78 is 0. The van der Waals surface area contributed by atoms with Crippen molar-refractivity contribution in [2.75, 3.05) is 0 Å². The molecule has 0 atom stereocenters. The number of amides is 1. The topological polar surface area (TPSA) is 71.8 Å². The highest BCUT2D eigenvalue weighted by molar-refractivity contribution is 5.91. The van der Waals surface area contributed by atoms with Gasteiger partial charge in [-0.1, -0.05) is 30.8 Å². The Hall–Kier alpha value is -2.36. The fourth-order valence-electron chi connectivity index (χ4n) is 1.55. The number of nitrogens with zero attached hydrogens (tertiary/aromatic N) is 1. The molecule has 0 fully saturated rings. The van der Waals surface area contributed by atoms with Gasteiger partial charge >= 0.3 is 0 Å². The molecule has 1 amide bonds. The van der Waals surface area contributed by atoms with E-state index in [1.54, 1.807) is 12.5 Å². The van der Waals surface area contributed by atoms with Crippen LogP contribution in [0.1, 0.15) is 5.56 Å². The maximum atomic E-state index is 10.9. The molecule has 4 heteroatoms. The molecule has 0 aliphatic heterocycles. The van der Waals surface area contributed by atoms with E-state index < -0.39 is 5.91 Å². The molecule has 0 bridgehead atoms. The number of H-pyrrole nitrogens is 1. The van der Waals surface area contributed by atoms with Crippen molar-refractivity contribution in [2.24, 2.45) is 5.73 Å². The van der Waals surface area contributed by atoms with Crippen molar-refractivity contribution in [1.29, 1.82) is 0 Å². The van der Waals surface area contributed by atoms with Gasteiger partial charge in [0.1, 0.15) is 0 Å². The third-order valence-corrected chi connectivity index (χ3v) is 2.53. The van der Waals surface area contributed by atoms with Crippen LogP contribution in [0, 0.1) is 0 Å². The van der Waals surface area contributed by atoms with E-state index in [9.17, 15) is 4.79 Å². The number of rotatable bonds is 4. The molecule has 2 rings (SSSR count). The number of primary amides is 1. The number of hydrogen-bond acceptors (Lipinski definition) is 2. The third kappa shape index (κ3) is 2.60. The molecule has 1 heterocycles. The number of carbonyl (C=O) groups is 1. The number of benzene rings is 1. The Kier molecular flexibility index (Phi) is 3.05. The molecule has 0 aliphatic carbocycles. The first kappa shape index (κ1) is 11.1. The number of nitrogens with one attached hydrogen (secondary N) is 1. The Morgan fingerprint density at radius 1 is 1.35 bits per heavy atom. The summed E-state index contributed by atoms with van der Waals surface area (Å²) >= 11 is 0. The summed E-state index contributed by atoms with van der Waals surface area (Å²) in [5.41, 5.74) is 8.58. The van der Waals surface area contributed by atoms with E-state index in [1.807, 2.05) is 24.3 Å². The minimum absolute atomic E-state index is 0.416. The lowest BCUT2D eigenvalue weighted by molar-refractivity contribution is -0.114. The van der Waals surface area contributed by atoms with E-state index in [-0.39, 0.29) is 0 Å². The summed E-state index contributed by atoms with van der Waals surface area (Å²) in [6, 6.07) is 7.84. The van der Waals surface area contributed by atoms with Crippen LogP contribution in [0.3, 0.4) is 0 Å². The molecular weight excluding hydrogens is 214 g/mol. The van der Waals surface area contributed by atoms with Crippen molar-refractivity contribution in [3.8, 4) is 11.3 Å². The molecule has 0 unspecified atom stereocenters. The van der Waals surface area contributed by atoms with Gasteiger partial charge in [-0.3, -0.25) is 4.79 Å². The second-order valence-electron chi connectivity index (χ2n) is 3.81. The average molecular weight is 227 g/mol. The molecule has 86 valence electrons. The highest BCUT2D eigenvalue weighted by Crippen LogP contribution is 2.17. The van der Waals surface area contributed by atoms with Crippen molar-refractivity contribution >= 4 is 5.91 Å². The first-order valence-corrected chi connectivity index (χ1v) is 5.22. The first-order chi connectivity index (χ1) is 8.16. The fraction of sp³-hybridized carbons (Fsp3) is 0.0769. The Morgan fingerprint density at radius 2 is 2.06 bits per heavy atom. The number of hydrogen-bond donors (Lipinski definition) is 2. The maximum absolute atomic E-state index is 10.9. The van der Waals surface area contributed by atoms with Crippen LogP contribution in [-0.2, 0) is 11.2 Å². The lowest BCUT2D eigenvalue weighted by atomic mass is 10.0. The predicted molar refractivity (Wildman–Crippen MR) is 66.1 cm³/mol. The molecule has 1 aromatic heterocycles. The summed E-state index contributed by atoms with van der Waals surface area (Å²) in [6.07, 6.45) is 3.88. The second kappa shape index (κ2) is 4.65. The van der Waals surface area contributed by atoms with Gasteiger partial charge < -0.3 is 10.7 Å². The van der Waals surface area contributed by atoms with Gasteiger partial charge in [0.05, 0.1) is 18.2 Å². The number of carbonyl (C=O) groups excluding carboxylic acids is 1. The number of aromatic amines is 1. The van der Waals surface area contributed by atoms with Crippen LogP contribution in [0.15, 0.2) is 48.9 Å². The summed E-state index contributed by atoms with van der Waals surface area (Å²) in [5, 5.41) is 0. The van der Waals surface area contributed by atoms with Crippen LogP contribution in [-0.4, -0.2) is 15.9 Å². The van der Waals surface area contributed by atoms with Crippen LogP contribution in [0.2, 0.25) is 0 Å². The molecule has 0 aliphatic rings. The zero-order valence-corrected chi connectivity index (χ0v) is 9.31. The number of nitrogens with two attached hydrogens (primary N) is 1. The van der Waals surface area contributed by atoms with Crippen LogP contribution in [0.5, 0.6) is 0 Å². The van der Waals surface area contributed by atoms with Crippen LogP contribution < -0.4 is 5.73 Å². The maximum Gasteiger partial charge on any atom is 0.244 e. The largest absolute Gasteiger partial charge is 0.366 e. The van der Waals surface area contributed by atoms with E-state index in [1.165, 1.54) is 0 Å². The van der Waals surface area contributed by atoms with Gasteiger partial charge in [0.15, 0.2) is 0 Å². The van der Waals surface area contributed by atoms with Gasteiger partial charge in [0, 0.05) is 12.0 Å². The first-order valence-electron chi connectivity index (χ1n) is 5.22. The van der Waals surface area contributed by atoms with E-state index in [0.717, 1.165) is 16.8 Å². The van der Waals surface area contributed by atoms with Crippen molar-refractivity contribution in [3.05, 3.63) is 54.5 Å². The zero-order valence-electron chi connectivity index (χ0n) is 9.31. The van der Waals surface area contributed by atoms with E-state index in [4.69, 9.17) is 5.73 Å². The van der Waals surface area contributed by atoms with E-state index >= 15 is 0 Å². The summed E-state index contributed by atoms with van der Waals surface area (Å²) in [6.45, 7) is 3.63. The van der Waals surface area contributed by atoms with E-state index in [2.05, 4.69) is 16.5 Å². The van der Waals surface area contributed by atoms with Crippen molar-refractivity contribution < 1.29 is 4.79 Å². The molecule has 0 saturated heterocycles. The van der Waals surface area contributed by atoms with Crippen LogP contribution in [0.25, 0.3) is 11.3 Å². The average Bonchev–Trinajstić information content (AvgIpc) is 2.83. The highest BCUT2D eigenvalue weighted by Gasteiger charge is 2.04. The molecular formula is C13H13N3O. The molecule has 0 spiro atoms. The Bertz CT molecular complexity index is 526. The SMILES string of the molecule is C=C(Cc1ccc(-c2cnc[nH]2)cc1)C(N)=O. The van der Waals surface area contributed by atoms with Gasteiger partial charge in [-0.2, -0.15) is 0 Å². The van der Waals surface area contributed by atoms with E-state index in [0.29, 0.717) is 12.0 Å². The Labute approximate surface area is 99.2 Å². The summed E-state index contributed by atoms with van der Waals surface area (Å²) in [5.74, 6) is -0.456. The second-order valence-corrected chi connectivity index (χ2v) is 3.81. The van der Waals surface area contributed by atoms with Gasteiger partial charge in [-0.15, -0.1) is 0 Å². The van der Waals surface area contributed by atoms with Crippen LogP contribution >= 0.6 is 0 Å². The van der Waals surface area contributed by atoms with Crippen LogP contribution in [0.4, 0.5) is 0 Å². The van der Waals surface area contributed by atoms with Gasteiger partial charge in [0.25, 0.3) is 0 Å². The third-order valence-electron chi connectivity index (χ3n) is 2.53. The monoisotopic (exact) mass is 227 g/mol. The zero-order chi connectivity index (χ0) is 12.3. The minimum atomic E-state index is -0.456. The molecule has 2 aromatic rings. The molecule has 0 radical (unpaired) electrons. The lowest BCUT2D eigenvalue weighted by Crippen LogP contribution is -2.14.